The van der Waals surface area contributed by atoms with Gasteiger partial charge in [-0.05, 0) is 13.0 Å². The molecule has 0 aromatic carbocycles. The molecule has 4 heteroatoms. The van der Waals surface area contributed by atoms with Crippen LogP contribution in [0.5, 0.6) is 0 Å². The van der Waals surface area contributed by atoms with Crippen molar-refractivity contribution in [2.45, 2.75) is 27.3 Å². The maximum Gasteiger partial charge on any atom is 0.166 e. The lowest BCUT2D eigenvalue weighted by atomic mass is 10.0. The molecule has 0 saturated carbocycles. The number of hydrogen-bond acceptors (Lipinski definition) is 3. The standard InChI is InChI=1S/C13H16N2O2/c1-9(2)13(16)11-4-5-15(7-11)8-12-6-10(3)17-14-12/h4-7,9H,8H2,1-3H3. The molecule has 90 valence electrons. The molecule has 4 nitrogen and oxygen atoms in total. The van der Waals surface area contributed by atoms with Crippen molar-refractivity contribution in [3.63, 3.8) is 0 Å². The van der Waals surface area contributed by atoms with Crippen LogP contribution < -0.4 is 0 Å². The van der Waals surface area contributed by atoms with Crippen LogP contribution >= 0.6 is 0 Å². The van der Waals surface area contributed by atoms with Gasteiger partial charge in [0.15, 0.2) is 5.78 Å². The summed E-state index contributed by atoms with van der Waals surface area (Å²) in [6.07, 6.45) is 3.74. The minimum absolute atomic E-state index is 0.0279. The van der Waals surface area contributed by atoms with E-state index in [4.69, 9.17) is 4.52 Å². The Labute approximate surface area is 100 Å². The zero-order valence-corrected chi connectivity index (χ0v) is 10.3. The van der Waals surface area contributed by atoms with Crippen LogP contribution in [-0.2, 0) is 6.54 Å². The molecule has 0 amide bonds. The van der Waals surface area contributed by atoms with Crippen LogP contribution in [0.25, 0.3) is 0 Å². The van der Waals surface area contributed by atoms with E-state index in [-0.39, 0.29) is 11.7 Å². The Balaban J connectivity index is 2.11. The van der Waals surface area contributed by atoms with E-state index in [9.17, 15) is 4.79 Å². The fraction of sp³-hybridized carbons (Fsp3) is 0.385. The largest absolute Gasteiger partial charge is 0.361 e. The van der Waals surface area contributed by atoms with Gasteiger partial charge in [0.25, 0.3) is 0 Å². The van der Waals surface area contributed by atoms with Gasteiger partial charge in [0, 0.05) is 29.9 Å². The number of aryl methyl sites for hydroxylation is 1. The van der Waals surface area contributed by atoms with Gasteiger partial charge in [-0.3, -0.25) is 4.79 Å². The molecule has 2 aromatic heterocycles. The van der Waals surface area contributed by atoms with Crippen LogP contribution in [0.3, 0.4) is 0 Å². The number of carbonyl (C=O) groups excluding carboxylic acids is 1. The molecule has 0 aliphatic heterocycles. The summed E-state index contributed by atoms with van der Waals surface area (Å²) in [6, 6.07) is 3.74. The predicted octanol–water partition coefficient (Wildman–Crippen LogP) is 2.67. The summed E-state index contributed by atoms with van der Waals surface area (Å²) in [4.78, 5) is 11.8. The smallest absolute Gasteiger partial charge is 0.166 e. The van der Waals surface area contributed by atoms with E-state index in [1.165, 1.54) is 0 Å². The Kier molecular flexibility index (Phi) is 3.13. The van der Waals surface area contributed by atoms with Crippen molar-refractivity contribution in [2.24, 2.45) is 5.92 Å². The third kappa shape index (κ3) is 2.64. The fourth-order valence-corrected chi connectivity index (χ4v) is 1.70. The molecule has 2 rings (SSSR count). The third-order valence-corrected chi connectivity index (χ3v) is 2.58. The zero-order valence-electron chi connectivity index (χ0n) is 10.3. The van der Waals surface area contributed by atoms with Gasteiger partial charge >= 0.3 is 0 Å². The molecule has 0 aliphatic rings. The van der Waals surface area contributed by atoms with Crippen LogP contribution in [0.4, 0.5) is 0 Å². The first kappa shape index (κ1) is 11.6. The number of carbonyl (C=O) groups is 1. The molecule has 0 atom stereocenters. The molecule has 0 radical (unpaired) electrons. The quantitative estimate of drug-likeness (QED) is 0.761. The van der Waals surface area contributed by atoms with Crippen LogP contribution in [0, 0.1) is 12.8 Å². The number of hydrogen-bond donors (Lipinski definition) is 0. The summed E-state index contributed by atoms with van der Waals surface area (Å²) in [5, 5.41) is 3.92. The van der Waals surface area contributed by atoms with E-state index in [1.54, 1.807) is 0 Å². The van der Waals surface area contributed by atoms with E-state index in [2.05, 4.69) is 5.16 Å². The lowest BCUT2D eigenvalue weighted by Gasteiger charge is -2.00. The predicted molar refractivity (Wildman–Crippen MR) is 63.9 cm³/mol. The molecule has 0 unspecified atom stereocenters. The molecule has 17 heavy (non-hydrogen) atoms. The van der Waals surface area contributed by atoms with Crippen molar-refractivity contribution in [3.05, 3.63) is 41.5 Å². The molecular weight excluding hydrogens is 216 g/mol. The third-order valence-electron chi connectivity index (χ3n) is 2.58. The molecule has 0 fully saturated rings. The normalized spacial score (nSPS) is 11.1. The Bertz CT molecular complexity index is 523. The van der Waals surface area contributed by atoms with Crippen LogP contribution in [0.15, 0.2) is 29.0 Å². The van der Waals surface area contributed by atoms with Gasteiger partial charge in [0.05, 0.1) is 6.54 Å². The average Bonchev–Trinajstić information content (AvgIpc) is 2.87. The average molecular weight is 232 g/mol. The van der Waals surface area contributed by atoms with Gasteiger partial charge in [0.1, 0.15) is 11.5 Å². The van der Waals surface area contributed by atoms with Crippen molar-refractivity contribution in [2.75, 3.05) is 0 Å². The van der Waals surface area contributed by atoms with Crippen molar-refractivity contribution < 1.29 is 9.32 Å². The number of nitrogens with zero attached hydrogens (tertiary/aromatic N) is 2. The Morgan fingerprint density at radius 1 is 1.53 bits per heavy atom. The molecule has 0 N–H and O–H groups in total. The summed E-state index contributed by atoms with van der Waals surface area (Å²) in [5.74, 6) is 0.992. The van der Waals surface area contributed by atoms with Crippen molar-refractivity contribution in [3.8, 4) is 0 Å². The summed E-state index contributed by atoms with van der Waals surface area (Å²) in [5.41, 5.74) is 1.61. The van der Waals surface area contributed by atoms with Gasteiger partial charge in [-0.15, -0.1) is 0 Å². The molecule has 2 aromatic rings. The molecule has 0 aliphatic carbocycles. The van der Waals surface area contributed by atoms with Gasteiger partial charge in [-0.1, -0.05) is 19.0 Å². The highest BCUT2D eigenvalue weighted by atomic mass is 16.5. The number of ketones is 1. The van der Waals surface area contributed by atoms with E-state index < -0.39 is 0 Å². The lowest BCUT2D eigenvalue weighted by Crippen LogP contribution is -2.06. The topological polar surface area (TPSA) is 48.0 Å². The minimum atomic E-state index is 0.0279. The van der Waals surface area contributed by atoms with Crippen LogP contribution in [0.2, 0.25) is 0 Å². The van der Waals surface area contributed by atoms with E-state index in [1.807, 2.05) is 49.9 Å². The van der Waals surface area contributed by atoms with Crippen LogP contribution in [0.1, 0.15) is 35.7 Å². The second kappa shape index (κ2) is 4.57. The highest BCUT2D eigenvalue weighted by Crippen LogP contribution is 2.11. The summed E-state index contributed by atoms with van der Waals surface area (Å²) >= 11 is 0. The van der Waals surface area contributed by atoms with Gasteiger partial charge in [0.2, 0.25) is 0 Å². The Morgan fingerprint density at radius 2 is 2.29 bits per heavy atom. The van der Waals surface area contributed by atoms with Crippen molar-refractivity contribution >= 4 is 5.78 Å². The first-order chi connectivity index (χ1) is 8.06. The number of rotatable bonds is 4. The maximum absolute atomic E-state index is 11.8. The van der Waals surface area contributed by atoms with Crippen molar-refractivity contribution in [1.29, 1.82) is 0 Å². The zero-order chi connectivity index (χ0) is 12.4. The lowest BCUT2D eigenvalue weighted by molar-refractivity contribution is 0.0939. The Hall–Kier alpha value is -1.84. The SMILES string of the molecule is Cc1cc(Cn2ccc(C(=O)C(C)C)c2)no1. The molecule has 0 bridgehead atoms. The van der Waals surface area contributed by atoms with Gasteiger partial charge < -0.3 is 9.09 Å². The Morgan fingerprint density at radius 3 is 2.88 bits per heavy atom. The minimum Gasteiger partial charge on any atom is -0.361 e. The molecule has 0 saturated heterocycles. The molecule has 0 spiro atoms. The van der Waals surface area contributed by atoms with E-state index >= 15 is 0 Å². The number of Topliss-reactive ketones (excluding diaryl/α,β-unsaturated/α-hetero) is 1. The first-order valence-corrected chi connectivity index (χ1v) is 5.68. The molecular formula is C13H16N2O2. The second-order valence-electron chi connectivity index (χ2n) is 4.52. The van der Waals surface area contributed by atoms with Gasteiger partial charge in [-0.2, -0.15) is 0 Å². The van der Waals surface area contributed by atoms with E-state index in [0.29, 0.717) is 6.54 Å². The molecule has 2 heterocycles. The fourth-order valence-electron chi connectivity index (χ4n) is 1.70. The second-order valence-corrected chi connectivity index (χ2v) is 4.52. The monoisotopic (exact) mass is 232 g/mol. The highest BCUT2D eigenvalue weighted by Gasteiger charge is 2.12. The maximum atomic E-state index is 11.8. The summed E-state index contributed by atoms with van der Waals surface area (Å²) < 4.78 is 6.94. The summed E-state index contributed by atoms with van der Waals surface area (Å²) in [7, 11) is 0. The van der Waals surface area contributed by atoms with Crippen molar-refractivity contribution in [1.82, 2.24) is 9.72 Å². The van der Waals surface area contributed by atoms with Gasteiger partial charge in [-0.25, -0.2) is 0 Å². The highest BCUT2D eigenvalue weighted by molar-refractivity contribution is 5.97. The van der Waals surface area contributed by atoms with Crippen LogP contribution in [-0.4, -0.2) is 15.5 Å². The van der Waals surface area contributed by atoms with E-state index in [0.717, 1.165) is 17.0 Å². The first-order valence-electron chi connectivity index (χ1n) is 5.68. The number of aromatic nitrogens is 2. The summed E-state index contributed by atoms with van der Waals surface area (Å²) in [6.45, 7) is 6.30.